The second kappa shape index (κ2) is 13.7. The lowest BCUT2D eigenvalue weighted by Gasteiger charge is -2.11. The average Bonchev–Trinajstić information content (AvgIpc) is 2.89. The lowest BCUT2D eigenvalue weighted by atomic mass is 10.0. The van der Waals surface area contributed by atoms with E-state index in [1.54, 1.807) is 62.8 Å². The molecule has 0 aliphatic carbocycles. The van der Waals surface area contributed by atoms with E-state index in [1.807, 2.05) is 0 Å². The number of amides is 2. The normalized spacial score (nSPS) is 11.1. The van der Waals surface area contributed by atoms with Gasteiger partial charge >= 0.3 is 0 Å². The number of rotatable bonds is 12. The molecule has 3 rings (SSSR count). The number of methoxy groups -OCH3 is 2. The van der Waals surface area contributed by atoms with Crippen molar-refractivity contribution < 1.29 is 28.6 Å². The summed E-state index contributed by atoms with van der Waals surface area (Å²) in [6.45, 7) is 0.424. The summed E-state index contributed by atoms with van der Waals surface area (Å²) >= 11 is 0. The number of anilines is 1. The first-order chi connectivity index (χ1) is 17.9. The molecule has 0 fully saturated rings. The Balaban J connectivity index is 1.57. The van der Waals surface area contributed by atoms with E-state index in [2.05, 4.69) is 10.6 Å². The van der Waals surface area contributed by atoms with E-state index < -0.39 is 0 Å². The fourth-order valence-corrected chi connectivity index (χ4v) is 3.68. The predicted molar refractivity (Wildman–Crippen MR) is 142 cm³/mol. The number of carbonyl (C=O) groups excluding carboxylic acids is 2. The number of benzene rings is 3. The van der Waals surface area contributed by atoms with Crippen LogP contribution in [0.3, 0.4) is 0 Å². The highest BCUT2D eigenvalue weighted by atomic mass is 19.1. The van der Waals surface area contributed by atoms with Gasteiger partial charge in [0, 0.05) is 36.4 Å². The Morgan fingerprint density at radius 2 is 1.62 bits per heavy atom. The van der Waals surface area contributed by atoms with Crippen LogP contribution in [0.1, 0.15) is 36.8 Å². The van der Waals surface area contributed by atoms with Gasteiger partial charge in [-0.2, -0.15) is 0 Å². The number of nitrogens with one attached hydrogen (secondary N) is 2. The maximum Gasteiger partial charge on any atom is 0.251 e. The van der Waals surface area contributed by atoms with Crippen molar-refractivity contribution in [3.63, 3.8) is 0 Å². The molecule has 0 unspecified atom stereocenters. The zero-order valence-corrected chi connectivity index (χ0v) is 20.9. The van der Waals surface area contributed by atoms with Crippen molar-refractivity contribution >= 4 is 29.2 Å². The number of phenols is 1. The van der Waals surface area contributed by atoms with Crippen molar-refractivity contribution in [3.8, 4) is 17.2 Å². The fraction of sp³-hybridized carbons (Fsp3) is 0.241. The Morgan fingerprint density at radius 1 is 0.919 bits per heavy atom. The highest BCUT2D eigenvalue weighted by Gasteiger charge is 2.13. The van der Waals surface area contributed by atoms with Crippen LogP contribution in [0.25, 0.3) is 11.6 Å². The van der Waals surface area contributed by atoms with Crippen molar-refractivity contribution in [2.24, 2.45) is 0 Å². The highest BCUT2D eigenvalue weighted by Crippen LogP contribution is 2.26. The number of carbonyl (C=O) groups is 2. The fourth-order valence-electron chi connectivity index (χ4n) is 3.68. The van der Waals surface area contributed by atoms with Gasteiger partial charge in [-0.25, -0.2) is 4.39 Å². The second-order valence-corrected chi connectivity index (χ2v) is 8.38. The maximum atomic E-state index is 13.5. The molecule has 8 heteroatoms. The molecule has 0 aromatic heterocycles. The van der Waals surface area contributed by atoms with Crippen molar-refractivity contribution in [1.82, 2.24) is 5.32 Å². The van der Waals surface area contributed by atoms with Crippen LogP contribution in [0.15, 0.2) is 66.7 Å². The van der Waals surface area contributed by atoms with Crippen molar-refractivity contribution in [2.45, 2.75) is 25.7 Å². The van der Waals surface area contributed by atoms with Crippen LogP contribution in [-0.2, 0) is 9.59 Å². The highest BCUT2D eigenvalue weighted by molar-refractivity contribution is 6.24. The van der Waals surface area contributed by atoms with E-state index in [-0.39, 0.29) is 23.4 Å². The van der Waals surface area contributed by atoms with E-state index in [0.29, 0.717) is 59.7 Å². The van der Waals surface area contributed by atoms with Crippen molar-refractivity contribution in [1.29, 1.82) is 0 Å². The van der Waals surface area contributed by atoms with E-state index in [0.717, 1.165) is 6.42 Å². The van der Waals surface area contributed by atoms with Crippen molar-refractivity contribution in [2.75, 3.05) is 26.1 Å². The molecule has 37 heavy (non-hydrogen) atoms. The molecule has 0 heterocycles. The summed E-state index contributed by atoms with van der Waals surface area (Å²) in [7, 11) is 3.10. The van der Waals surface area contributed by atoms with Crippen LogP contribution < -0.4 is 20.1 Å². The van der Waals surface area contributed by atoms with E-state index in [1.165, 1.54) is 24.3 Å². The average molecular weight is 507 g/mol. The number of hydrogen-bond acceptors (Lipinski definition) is 5. The third kappa shape index (κ3) is 8.68. The summed E-state index contributed by atoms with van der Waals surface area (Å²) in [6.07, 6.45) is 4.14. The minimum atomic E-state index is -0.389. The number of phenolic OH excluding ortho intramolecular Hbond substituents is 1. The van der Waals surface area contributed by atoms with Crippen LogP contribution in [0, 0.1) is 5.82 Å². The minimum Gasteiger partial charge on any atom is -0.508 e. The monoisotopic (exact) mass is 506 g/mol. The first kappa shape index (κ1) is 27.3. The molecule has 0 aliphatic rings. The quantitative estimate of drug-likeness (QED) is 0.174. The Hall–Kier alpha value is -4.33. The predicted octanol–water partition coefficient (Wildman–Crippen LogP) is 5.40. The number of ether oxygens (including phenoxy) is 2. The maximum absolute atomic E-state index is 13.5. The standard InChI is InChI=1S/C29H31FN2O5/c1-36-25-15-20(16-26(19-25)37-2)17-27(21-10-12-22(30)13-11-21)29(35)31-14-5-3-4-9-28(34)32-23-7-6-8-24(33)18-23/h6-8,10-13,15-19,33H,3-5,9,14H2,1-2H3,(H,31,35)(H,32,34)/b27-17-. The molecule has 3 N–H and O–H groups in total. The molecule has 0 spiro atoms. The van der Waals surface area contributed by atoms with Gasteiger partial charge in [-0.15, -0.1) is 0 Å². The van der Waals surface area contributed by atoms with Gasteiger partial charge in [-0.1, -0.05) is 24.6 Å². The Morgan fingerprint density at radius 3 is 2.27 bits per heavy atom. The van der Waals surface area contributed by atoms with Gasteiger partial charge < -0.3 is 25.2 Å². The molecule has 194 valence electrons. The number of unbranched alkanes of at least 4 members (excludes halogenated alkanes) is 2. The molecule has 3 aromatic rings. The van der Waals surface area contributed by atoms with Gasteiger partial charge in [0.25, 0.3) is 5.91 Å². The number of aromatic hydroxyl groups is 1. The topological polar surface area (TPSA) is 96.9 Å². The molecular formula is C29H31FN2O5. The molecule has 0 radical (unpaired) electrons. The summed E-state index contributed by atoms with van der Waals surface area (Å²) in [5.74, 6) is 0.433. The molecule has 0 aliphatic heterocycles. The van der Waals surface area contributed by atoms with Crippen LogP contribution in [0.5, 0.6) is 17.2 Å². The summed E-state index contributed by atoms with van der Waals surface area (Å²) in [5, 5.41) is 15.1. The van der Waals surface area contributed by atoms with Gasteiger partial charge in [-0.3, -0.25) is 9.59 Å². The van der Waals surface area contributed by atoms with Gasteiger partial charge in [0.05, 0.1) is 14.2 Å². The summed E-state index contributed by atoms with van der Waals surface area (Å²) in [5.41, 5.74) is 2.19. The third-order valence-corrected chi connectivity index (χ3v) is 5.58. The Labute approximate surface area is 215 Å². The largest absolute Gasteiger partial charge is 0.508 e. The molecule has 3 aromatic carbocycles. The van der Waals surface area contributed by atoms with Crippen LogP contribution >= 0.6 is 0 Å². The Kier molecular flexibility index (Phi) is 10.1. The van der Waals surface area contributed by atoms with E-state index in [4.69, 9.17) is 9.47 Å². The first-order valence-corrected chi connectivity index (χ1v) is 12.0. The Bertz CT molecular complexity index is 1220. The van der Waals surface area contributed by atoms with Gasteiger partial charge in [0.1, 0.15) is 23.1 Å². The van der Waals surface area contributed by atoms with E-state index >= 15 is 0 Å². The molecule has 0 bridgehead atoms. The smallest absolute Gasteiger partial charge is 0.251 e. The van der Waals surface area contributed by atoms with Gasteiger partial charge in [-0.05, 0) is 66.4 Å². The van der Waals surface area contributed by atoms with Crippen molar-refractivity contribution in [3.05, 3.63) is 83.7 Å². The summed E-state index contributed by atoms with van der Waals surface area (Å²) < 4.78 is 24.1. The minimum absolute atomic E-state index is 0.0909. The summed E-state index contributed by atoms with van der Waals surface area (Å²) in [4.78, 5) is 25.2. The van der Waals surface area contributed by atoms with Gasteiger partial charge in [0.15, 0.2) is 0 Å². The first-order valence-electron chi connectivity index (χ1n) is 12.0. The van der Waals surface area contributed by atoms with Crippen LogP contribution in [0.4, 0.5) is 10.1 Å². The van der Waals surface area contributed by atoms with Gasteiger partial charge in [0.2, 0.25) is 5.91 Å². The lowest BCUT2D eigenvalue weighted by Crippen LogP contribution is -2.25. The molecule has 0 atom stereocenters. The van der Waals surface area contributed by atoms with E-state index in [9.17, 15) is 19.1 Å². The molecule has 7 nitrogen and oxygen atoms in total. The zero-order chi connectivity index (χ0) is 26.6. The van der Waals surface area contributed by atoms with Crippen LogP contribution in [-0.4, -0.2) is 37.7 Å². The molecule has 0 saturated carbocycles. The third-order valence-electron chi connectivity index (χ3n) is 5.58. The summed E-state index contributed by atoms with van der Waals surface area (Å²) in [6, 6.07) is 17.4. The zero-order valence-electron chi connectivity index (χ0n) is 20.9. The lowest BCUT2D eigenvalue weighted by molar-refractivity contribution is -0.117. The van der Waals surface area contributed by atoms with Crippen LogP contribution in [0.2, 0.25) is 0 Å². The SMILES string of the molecule is COc1cc(/C=C(\C(=O)NCCCCCC(=O)Nc2cccc(O)c2)c2ccc(F)cc2)cc(OC)c1. The molecule has 2 amide bonds. The number of halogens is 1. The molecular weight excluding hydrogens is 475 g/mol. The number of hydrogen-bond donors (Lipinski definition) is 3. The second-order valence-electron chi connectivity index (χ2n) is 8.38. The molecule has 0 saturated heterocycles.